The molecule has 21 heavy (non-hydrogen) atoms. The lowest BCUT2D eigenvalue weighted by atomic mass is 9.73. The zero-order chi connectivity index (χ0) is 15.2. The maximum Gasteiger partial charge on any atom is 0.127 e. The van der Waals surface area contributed by atoms with Crippen LogP contribution in [-0.4, -0.2) is 9.55 Å². The van der Waals surface area contributed by atoms with E-state index in [4.69, 9.17) is 16.6 Å². The number of halogens is 1. The predicted octanol–water partition coefficient (Wildman–Crippen LogP) is 5.79. The molecule has 1 aromatic heterocycles. The van der Waals surface area contributed by atoms with E-state index < -0.39 is 0 Å². The summed E-state index contributed by atoms with van der Waals surface area (Å²) in [4.78, 5) is 4.84. The molecule has 0 aliphatic heterocycles. The number of para-hydroxylation sites is 1. The minimum atomic E-state index is -0.0606. The molecule has 3 heteroatoms. The third-order valence-corrected chi connectivity index (χ3v) is 5.25. The van der Waals surface area contributed by atoms with Crippen molar-refractivity contribution in [1.29, 1.82) is 0 Å². The van der Waals surface area contributed by atoms with Crippen LogP contribution in [0.3, 0.4) is 0 Å². The van der Waals surface area contributed by atoms with Crippen LogP contribution in [0.25, 0.3) is 11.0 Å². The van der Waals surface area contributed by atoms with Crippen LogP contribution in [0.2, 0.25) is 0 Å². The second-order valence-corrected chi connectivity index (χ2v) is 7.80. The lowest BCUT2D eigenvalue weighted by Crippen LogP contribution is -2.31. The summed E-state index contributed by atoms with van der Waals surface area (Å²) in [5, 5.41) is -0.0606. The van der Waals surface area contributed by atoms with Gasteiger partial charge in [0.25, 0.3) is 0 Å². The molecule has 114 valence electrons. The lowest BCUT2D eigenvalue weighted by molar-refractivity contribution is 0.145. The summed E-state index contributed by atoms with van der Waals surface area (Å²) in [6, 6.07) is 6.87. The van der Waals surface area contributed by atoms with Crippen LogP contribution in [0.1, 0.15) is 69.3 Å². The number of imidazole rings is 1. The molecule has 0 bridgehead atoms. The number of hydrogen-bond donors (Lipinski definition) is 0. The minimum Gasteiger partial charge on any atom is -0.323 e. The molecular formula is C18H25ClN2. The first kappa shape index (κ1) is 14.9. The van der Waals surface area contributed by atoms with Gasteiger partial charge in [-0.05, 0) is 43.7 Å². The second kappa shape index (κ2) is 5.31. The molecule has 2 unspecified atom stereocenters. The first-order valence-corrected chi connectivity index (χ1v) is 8.47. The van der Waals surface area contributed by atoms with E-state index in [1.807, 2.05) is 6.92 Å². The zero-order valence-corrected chi connectivity index (χ0v) is 14.2. The molecule has 0 spiro atoms. The third kappa shape index (κ3) is 2.48. The van der Waals surface area contributed by atoms with E-state index in [-0.39, 0.29) is 5.38 Å². The Morgan fingerprint density at radius 1 is 1.33 bits per heavy atom. The summed E-state index contributed by atoms with van der Waals surface area (Å²) in [6.07, 6.45) is 5.14. The van der Waals surface area contributed by atoms with Gasteiger partial charge in [0.05, 0.1) is 16.4 Å². The average Bonchev–Trinajstić information content (AvgIpc) is 2.79. The Morgan fingerprint density at radius 2 is 2.10 bits per heavy atom. The predicted molar refractivity (Wildman–Crippen MR) is 90.0 cm³/mol. The molecule has 1 aliphatic carbocycles. The number of aromatic nitrogens is 2. The molecule has 2 aromatic rings. The number of hydrogen-bond acceptors (Lipinski definition) is 1. The molecule has 0 amide bonds. The van der Waals surface area contributed by atoms with Crippen molar-refractivity contribution in [2.24, 2.45) is 5.41 Å². The van der Waals surface area contributed by atoms with E-state index in [0.29, 0.717) is 11.5 Å². The third-order valence-electron chi connectivity index (χ3n) is 5.06. The monoisotopic (exact) mass is 304 g/mol. The van der Waals surface area contributed by atoms with E-state index >= 15 is 0 Å². The van der Waals surface area contributed by atoms with Gasteiger partial charge in [0.1, 0.15) is 5.82 Å². The van der Waals surface area contributed by atoms with Crippen molar-refractivity contribution in [3.8, 4) is 0 Å². The molecule has 0 saturated heterocycles. The van der Waals surface area contributed by atoms with Crippen LogP contribution < -0.4 is 0 Å². The molecule has 3 rings (SSSR count). The Labute approximate surface area is 132 Å². The molecule has 1 saturated carbocycles. The molecule has 1 fully saturated rings. The van der Waals surface area contributed by atoms with Gasteiger partial charge >= 0.3 is 0 Å². The first-order chi connectivity index (χ1) is 9.92. The Balaban J connectivity index is 2.26. The standard InChI is InChI=1S/C18H25ClN2/c1-12-8-7-9-14-16(12)21(17(20-14)13(2)19)15-10-5-6-11-18(15,3)4/h7-9,13,15H,5-6,10-11H2,1-4H3. The largest absolute Gasteiger partial charge is 0.323 e. The minimum absolute atomic E-state index is 0.0606. The fourth-order valence-electron chi connectivity index (χ4n) is 3.89. The van der Waals surface area contributed by atoms with Crippen LogP contribution in [0, 0.1) is 12.3 Å². The van der Waals surface area contributed by atoms with Gasteiger partial charge in [-0.2, -0.15) is 0 Å². The molecule has 1 aliphatic rings. The Kier molecular flexibility index (Phi) is 3.77. The lowest BCUT2D eigenvalue weighted by Gasteiger charge is -2.40. The number of nitrogens with zero attached hydrogens (tertiary/aromatic N) is 2. The Hall–Kier alpha value is -1.02. The molecule has 0 radical (unpaired) electrons. The molecule has 2 nitrogen and oxygen atoms in total. The van der Waals surface area contributed by atoms with Gasteiger partial charge in [0.2, 0.25) is 0 Å². The van der Waals surface area contributed by atoms with Crippen molar-refractivity contribution in [1.82, 2.24) is 9.55 Å². The molecule has 2 atom stereocenters. The van der Waals surface area contributed by atoms with Gasteiger partial charge < -0.3 is 4.57 Å². The topological polar surface area (TPSA) is 17.8 Å². The quantitative estimate of drug-likeness (QED) is 0.642. The zero-order valence-electron chi connectivity index (χ0n) is 13.5. The molecular weight excluding hydrogens is 280 g/mol. The SMILES string of the molecule is Cc1cccc2nc(C(C)Cl)n(C3CCCCC3(C)C)c12. The molecule has 1 aromatic carbocycles. The highest BCUT2D eigenvalue weighted by molar-refractivity contribution is 6.20. The van der Waals surface area contributed by atoms with E-state index in [1.54, 1.807) is 0 Å². The normalized spacial score (nSPS) is 23.4. The van der Waals surface area contributed by atoms with Crippen molar-refractivity contribution in [2.45, 2.75) is 64.8 Å². The van der Waals surface area contributed by atoms with Crippen LogP contribution in [0.15, 0.2) is 18.2 Å². The van der Waals surface area contributed by atoms with Gasteiger partial charge in [-0.1, -0.05) is 38.8 Å². The highest BCUT2D eigenvalue weighted by Gasteiger charge is 2.36. The van der Waals surface area contributed by atoms with Gasteiger partial charge in [0.15, 0.2) is 0 Å². The summed E-state index contributed by atoms with van der Waals surface area (Å²) < 4.78 is 2.46. The van der Waals surface area contributed by atoms with Crippen molar-refractivity contribution < 1.29 is 0 Å². The van der Waals surface area contributed by atoms with Crippen LogP contribution in [0.5, 0.6) is 0 Å². The second-order valence-electron chi connectivity index (χ2n) is 7.15. The molecule has 0 N–H and O–H groups in total. The summed E-state index contributed by atoms with van der Waals surface area (Å²) in [5.41, 5.74) is 3.96. The maximum absolute atomic E-state index is 6.46. The van der Waals surface area contributed by atoms with Crippen molar-refractivity contribution in [3.05, 3.63) is 29.6 Å². The molecule has 1 heterocycles. The van der Waals surface area contributed by atoms with Crippen molar-refractivity contribution in [2.75, 3.05) is 0 Å². The van der Waals surface area contributed by atoms with E-state index in [9.17, 15) is 0 Å². The number of alkyl halides is 1. The van der Waals surface area contributed by atoms with Gasteiger partial charge in [-0.3, -0.25) is 0 Å². The Morgan fingerprint density at radius 3 is 2.76 bits per heavy atom. The number of benzene rings is 1. The summed E-state index contributed by atoms with van der Waals surface area (Å²) in [6.45, 7) is 9.00. The fraction of sp³-hybridized carbons (Fsp3) is 0.611. The van der Waals surface area contributed by atoms with E-state index in [0.717, 1.165) is 11.3 Å². The highest BCUT2D eigenvalue weighted by Crippen LogP contribution is 2.46. The van der Waals surface area contributed by atoms with E-state index in [1.165, 1.54) is 36.8 Å². The summed E-state index contributed by atoms with van der Waals surface area (Å²) >= 11 is 6.46. The highest BCUT2D eigenvalue weighted by atomic mass is 35.5. The first-order valence-electron chi connectivity index (χ1n) is 8.03. The van der Waals surface area contributed by atoms with Gasteiger partial charge in [0, 0.05) is 6.04 Å². The van der Waals surface area contributed by atoms with Crippen LogP contribution >= 0.6 is 11.6 Å². The smallest absolute Gasteiger partial charge is 0.127 e. The van der Waals surface area contributed by atoms with Crippen molar-refractivity contribution >= 4 is 22.6 Å². The number of rotatable bonds is 2. The number of fused-ring (bicyclic) bond motifs is 1. The maximum atomic E-state index is 6.46. The van der Waals surface area contributed by atoms with Gasteiger partial charge in [-0.25, -0.2) is 4.98 Å². The van der Waals surface area contributed by atoms with Crippen molar-refractivity contribution in [3.63, 3.8) is 0 Å². The Bertz CT molecular complexity index is 655. The number of aryl methyl sites for hydroxylation is 1. The summed E-state index contributed by atoms with van der Waals surface area (Å²) in [5.74, 6) is 1.03. The van der Waals surface area contributed by atoms with E-state index in [2.05, 4.69) is 43.5 Å². The van der Waals surface area contributed by atoms with Gasteiger partial charge in [-0.15, -0.1) is 11.6 Å². The average molecular weight is 305 g/mol. The van der Waals surface area contributed by atoms with Crippen LogP contribution in [-0.2, 0) is 0 Å². The summed E-state index contributed by atoms with van der Waals surface area (Å²) in [7, 11) is 0. The van der Waals surface area contributed by atoms with Crippen LogP contribution in [0.4, 0.5) is 0 Å². The fourth-order valence-corrected chi connectivity index (χ4v) is 4.04.